The second-order valence-corrected chi connectivity index (χ2v) is 5.01. The Labute approximate surface area is 116 Å². The molecule has 0 saturated heterocycles. The van der Waals surface area contributed by atoms with Crippen LogP contribution in [-0.2, 0) is 17.0 Å². The predicted octanol–water partition coefficient (Wildman–Crippen LogP) is 2.75. The lowest BCUT2D eigenvalue weighted by Crippen LogP contribution is -2.02. The first-order valence-electron chi connectivity index (χ1n) is 6.03. The van der Waals surface area contributed by atoms with Gasteiger partial charge in [0, 0.05) is 26.0 Å². The van der Waals surface area contributed by atoms with E-state index in [1.807, 2.05) is 4.57 Å². The molecule has 19 heavy (non-hydrogen) atoms. The highest BCUT2D eigenvalue weighted by molar-refractivity contribution is 7.98. The van der Waals surface area contributed by atoms with Gasteiger partial charge in [-0.15, -0.1) is 10.2 Å². The molecule has 0 unspecified atom stereocenters. The summed E-state index contributed by atoms with van der Waals surface area (Å²) in [5, 5.41) is 8.88. The van der Waals surface area contributed by atoms with Gasteiger partial charge in [0.25, 0.3) is 0 Å². The maximum absolute atomic E-state index is 12.8. The number of halogens is 1. The highest BCUT2D eigenvalue weighted by Gasteiger charge is 2.05. The summed E-state index contributed by atoms with van der Waals surface area (Å²) in [5.74, 6) is 0.542. The zero-order chi connectivity index (χ0) is 13.5. The van der Waals surface area contributed by atoms with Crippen LogP contribution in [-0.4, -0.2) is 28.5 Å². The lowest BCUT2D eigenvalue weighted by molar-refractivity contribution is 0.189. The van der Waals surface area contributed by atoms with Crippen LogP contribution in [0.4, 0.5) is 4.39 Å². The molecule has 0 spiro atoms. The minimum atomic E-state index is -0.212. The molecule has 0 bridgehead atoms. The van der Waals surface area contributed by atoms with Gasteiger partial charge in [-0.25, -0.2) is 4.39 Å². The average Bonchev–Trinajstić information content (AvgIpc) is 2.86. The van der Waals surface area contributed by atoms with Crippen LogP contribution in [0.5, 0.6) is 0 Å². The average molecular weight is 281 g/mol. The van der Waals surface area contributed by atoms with Crippen molar-refractivity contribution in [3.63, 3.8) is 0 Å². The number of hydrogen-bond donors (Lipinski definition) is 0. The number of nitrogens with zero attached hydrogens (tertiary/aromatic N) is 3. The zero-order valence-corrected chi connectivity index (χ0v) is 11.6. The molecule has 0 N–H and O–H groups in total. The fourth-order valence-electron chi connectivity index (χ4n) is 1.62. The predicted molar refractivity (Wildman–Crippen MR) is 72.5 cm³/mol. The molecule has 0 saturated carbocycles. The summed E-state index contributed by atoms with van der Waals surface area (Å²) in [6.45, 7) is 1.56. The molecule has 0 radical (unpaired) electrons. The number of thioether (sulfide) groups is 1. The molecule has 1 aromatic heterocycles. The number of benzene rings is 1. The van der Waals surface area contributed by atoms with Gasteiger partial charge in [0.2, 0.25) is 0 Å². The van der Waals surface area contributed by atoms with Crippen LogP contribution in [0.2, 0.25) is 0 Å². The molecule has 0 aliphatic carbocycles. The van der Waals surface area contributed by atoms with Gasteiger partial charge in [-0.3, -0.25) is 0 Å². The van der Waals surface area contributed by atoms with Crippen molar-refractivity contribution in [2.24, 2.45) is 0 Å². The molecule has 1 aromatic carbocycles. The van der Waals surface area contributed by atoms with Crippen LogP contribution in [0.15, 0.2) is 35.7 Å². The summed E-state index contributed by atoms with van der Waals surface area (Å²) in [5.41, 5.74) is 1.07. The smallest absolute Gasteiger partial charge is 0.191 e. The Morgan fingerprint density at radius 3 is 2.84 bits per heavy atom. The van der Waals surface area contributed by atoms with Crippen LogP contribution in [0.3, 0.4) is 0 Å². The summed E-state index contributed by atoms with van der Waals surface area (Å²) in [6, 6.07) is 6.51. The number of ether oxygens (including phenoxy) is 1. The van der Waals surface area contributed by atoms with Crippen LogP contribution in [0, 0.1) is 5.82 Å². The third-order valence-electron chi connectivity index (χ3n) is 2.61. The van der Waals surface area contributed by atoms with E-state index in [1.165, 1.54) is 12.1 Å². The van der Waals surface area contributed by atoms with Crippen molar-refractivity contribution in [2.75, 3.05) is 13.7 Å². The van der Waals surface area contributed by atoms with Gasteiger partial charge < -0.3 is 9.30 Å². The van der Waals surface area contributed by atoms with Gasteiger partial charge in [-0.1, -0.05) is 23.9 Å². The van der Waals surface area contributed by atoms with Crippen LogP contribution in [0.1, 0.15) is 12.0 Å². The molecule has 2 aromatic rings. The van der Waals surface area contributed by atoms with Gasteiger partial charge >= 0.3 is 0 Å². The molecule has 0 atom stereocenters. The molecular formula is C13H16FN3OS. The van der Waals surface area contributed by atoms with E-state index < -0.39 is 0 Å². The number of rotatable bonds is 7. The second-order valence-electron chi connectivity index (χ2n) is 4.07. The van der Waals surface area contributed by atoms with Crippen LogP contribution >= 0.6 is 11.8 Å². The van der Waals surface area contributed by atoms with Crippen molar-refractivity contribution in [1.29, 1.82) is 0 Å². The van der Waals surface area contributed by atoms with Crippen LogP contribution < -0.4 is 0 Å². The molecule has 0 fully saturated rings. The van der Waals surface area contributed by atoms with E-state index in [4.69, 9.17) is 4.74 Å². The van der Waals surface area contributed by atoms with Gasteiger partial charge in [0.15, 0.2) is 5.16 Å². The van der Waals surface area contributed by atoms with Crippen molar-refractivity contribution in [1.82, 2.24) is 14.8 Å². The number of aromatic nitrogens is 3. The van der Waals surface area contributed by atoms with E-state index in [9.17, 15) is 4.39 Å². The molecular weight excluding hydrogens is 265 g/mol. The Morgan fingerprint density at radius 1 is 1.32 bits per heavy atom. The molecule has 0 aliphatic rings. The van der Waals surface area contributed by atoms with E-state index >= 15 is 0 Å². The topological polar surface area (TPSA) is 39.9 Å². The lowest BCUT2D eigenvalue weighted by Gasteiger charge is -2.05. The molecule has 2 rings (SSSR count). The van der Waals surface area contributed by atoms with Gasteiger partial charge in [0.1, 0.15) is 12.1 Å². The van der Waals surface area contributed by atoms with E-state index in [0.29, 0.717) is 0 Å². The molecule has 0 amide bonds. The summed E-state index contributed by atoms with van der Waals surface area (Å²) in [4.78, 5) is 0. The van der Waals surface area contributed by atoms with E-state index in [2.05, 4.69) is 10.2 Å². The normalized spacial score (nSPS) is 10.8. The van der Waals surface area contributed by atoms with E-state index in [-0.39, 0.29) is 5.82 Å². The highest BCUT2D eigenvalue weighted by Crippen LogP contribution is 2.20. The van der Waals surface area contributed by atoms with Gasteiger partial charge in [-0.2, -0.15) is 0 Å². The Morgan fingerprint density at radius 2 is 2.11 bits per heavy atom. The fraction of sp³-hybridized carbons (Fsp3) is 0.385. The van der Waals surface area contributed by atoms with Crippen molar-refractivity contribution < 1.29 is 9.13 Å². The quantitative estimate of drug-likeness (QED) is 0.578. The Kier molecular flexibility index (Phi) is 5.35. The Hall–Kier alpha value is -1.40. The minimum Gasteiger partial charge on any atom is -0.385 e. The third-order valence-corrected chi connectivity index (χ3v) is 3.66. The molecule has 102 valence electrons. The third kappa shape index (κ3) is 4.33. The second kappa shape index (κ2) is 7.25. The number of aryl methyl sites for hydroxylation is 1. The molecule has 1 heterocycles. The van der Waals surface area contributed by atoms with Crippen molar-refractivity contribution in [3.8, 4) is 0 Å². The van der Waals surface area contributed by atoms with Crippen molar-refractivity contribution >= 4 is 11.8 Å². The minimum absolute atomic E-state index is 0.212. The number of methoxy groups -OCH3 is 1. The lowest BCUT2D eigenvalue weighted by atomic mass is 10.2. The largest absolute Gasteiger partial charge is 0.385 e. The standard InChI is InChI=1S/C13H16FN3OS/c1-18-8-2-7-17-10-15-16-13(17)19-9-11-3-5-12(14)6-4-11/h3-6,10H,2,7-9H2,1H3. The van der Waals surface area contributed by atoms with Crippen molar-refractivity contribution in [3.05, 3.63) is 42.0 Å². The maximum Gasteiger partial charge on any atom is 0.191 e. The Bertz CT molecular complexity index is 501. The first kappa shape index (κ1) is 14.0. The zero-order valence-electron chi connectivity index (χ0n) is 10.8. The van der Waals surface area contributed by atoms with E-state index in [1.54, 1.807) is 37.3 Å². The summed E-state index contributed by atoms with van der Waals surface area (Å²) >= 11 is 1.60. The van der Waals surface area contributed by atoms with Gasteiger partial charge in [0.05, 0.1) is 0 Å². The van der Waals surface area contributed by atoms with Crippen molar-refractivity contribution in [2.45, 2.75) is 23.9 Å². The Balaban J connectivity index is 1.88. The maximum atomic E-state index is 12.8. The summed E-state index contributed by atoms with van der Waals surface area (Å²) < 4.78 is 19.8. The number of hydrogen-bond acceptors (Lipinski definition) is 4. The molecule has 4 nitrogen and oxygen atoms in total. The van der Waals surface area contributed by atoms with Crippen LogP contribution in [0.25, 0.3) is 0 Å². The van der Waals surface area contributed by atoms with Gasteiger partial charge in [-0.05, 0) is 24.1 Å². The monoisotopic (exact) mass is 281 g/mol. The summed E-state index contributed by atoms with van der Waals surface area (Å²) in [7, 11) is 1.69. The summed E-state index contributed by atoms with van der Waals surface area (Å²) in [6.07, 6.45) is 2.65. The fourth-order valence-corrected chi connectivity index (χ4v) is 2.51. The highest BCUT2D eigenvalue weighted by atomic mass is 32.2. The van der Waals surface area contributed by atoms with E-state index in [0.717, 1.165) is 36.0 Å². The molecule has 0 aliphatic heterocycles. The molecule has 6 heteroatoms. The first-order valence-corrected chi connectivity index (χ1v) is 7.02. The SMILES string of the molecule is COCCCn1cnnc1SCc1ccc(F)cc1. The first-order chi connectivity index (χ1) is 9.29.